The second kappa shape index (κ2) is 6.50. The average molecular weight is 316 g/mol. The average Bonchev–Trinajstić information content (AvgIpc) is 2.45. The molecule has 0 bridgehead atoms. The summed E-state index contributed by atoms with van der Waals surface area (Å²) in [6, 6.07) is 6.86. The zero-order chi connectivity index (χ0) is 17.3. The first-order valence-electron chi connectivity index (χ1n) is 7.40. The molecule has 1 N–H and O–H groups in total. The van der Waals surface area contributed by atoms with Crippen LogP contribution in [0.5, 0.6) is 5.75 Å². The van der Waals surface area contributed by atoms with Crippen molar-refractivity contribution < 1.29 is 19.0 Å². The van der Waals surface area contributed by atoms with Gasteiger partial charge in [0.15, 0.2) is 17.3 Å². The maximum Gasteiger partial charge on any atom is 0.165 e. The van der Waals surface area contributed by atoms with Crippen LogP contribution in [0, 0.1) is 26.6 Å². The molecule has 0 aromatic heterocycles. The van der Waals surface area contributed by atoms with Gasteiger partial charge in [-0.15, -0.1) is 0 Å². The molecule has 0 aliphatic heterocycles. The standard InChI is InChI=1S/C19H21FO3/c1-10-6-15(18(22)13(4)21)7-11(2)17(10)14-8-12(3)19(23-5)16(20)9-14/h6-9,18,22H,1-5H3/t18-/m1/s1. The van der Waals surface area contributed by atoms with E-state index in [0.717, 1.165) is 22.3 Å². The zero-order valence-corrected chi connectivity index (χ0v) is 14.0. The Balaban J connectivity index is 2.59. The molecule has 0 heterocycles. The summed E-state index contributed by atoms with van der Waals surface area (Å²) >= 11 is 0. The van der Waals surface area contributed by atoms with Crippen LogP contribution < -0.4 is 4.74 Å². The molecule has 23 heavy (non-hydrogen) atoms. The summed E-state index contributed by atoms with van der Waals surface area (Å²) in [6.07, 6.45) is -1.13. The van der Waals surface area contributed by atoms with Crippen LogP contribution in [0.3, 0.4) is 0 Å². The zero-order valence-electron chi connectivity index (χ0n) is 14.0. The Hall–Kier alpha value is -2.20. The number of carbonyl (C=O) groups is 1. The van der Waals surface area contributed by atoms with E-state index in [0.29, 0.717) is 11.1 Å². The number of aliphatic hydroxyl groups is 1. The monoisotopic (exact) mass is 316 g/mol. The molecule has 2 aromatic rings. The maximum absolute atomic E-state index is 14.2. The van der Waals surface area contributed by atoms with Crippen molar-refractivity contribution >= 4 is 5.78 Å². The molecule has 0 fully saturated rings. The first-order chi connectivity index (χ1) is 10.8. The number of hydrogen-bond acceptors (Lipinski definition) is 3. The highest BCUT2D eigenvalue weighted by Gasteiger charge is 2.17. The Morgan fingerprint density at radius 3 is 2.09 bits per heavy atom. The summed E-state index contributed by atoms with van der Waals surface area (Å²) in [5, 5.41) is 9.94. The molecule has 0 radical (unpaired) electrons. The van der Waals surface area contributed by atoms with Gasteiger partial charge in [-0.25, -0.2) is 4.39 Å². The van der Waals surface area contributed by atoms with E-state index in [2.05, 4.69) is 0 Å². The molecule has 2 aromatic carbocycles. The van der Waals surface area contributed by atoms with E-state index >= 15 is 0 Å². The van der Waals surface area contributed by atoms with Crippen LogP contribution in [0.15, 0.2) is 24.3 Å². The van der Waals surface area contributed by atoms with Crippen LogP contribution in [0.2, 0.25) is 0 Å². The molecule has 0 aliphatic rings. The van der Waals surface area contributed by atoms with E-state index in [9.17, 15) is 14.3 Å². The molecule has 3 nitrogen and oxygen atoms in total. The van der Waals surface area contributed by atoms with E-state index in [-0.39, 0.29) is 11.5 Å². The van der Waals surface area contributed by atoms with Crippen LogP contribution >= 0.6 is 0 Å². The van der Waals surface area contributed by atoms with Gasteiger partial charge in [0.1, 0.15) is 6.10 Å². The lowest BCUT2D eigenvalue weighted by atomic mass is 9.90. The van der Waals surface area contributed by atoms with Gasteiger partial charge in [-0.1, -0.05) is 12.1 Å². The van der Waals surface area contributed by atoms with Gasteiger partial charge in [-0.05, 0) is 73.2 Å². The van der Waals surface area contributed by atoms with Crippen molar-refractivity contribution in [3.63, 3.8) is 0 Å². The van der Waals surface area contributed by atoms with Crippen molar-refractivity contribution in [1.82, 2.24) is 0 Å². The van der Waals surface area contributed by atoms with Crippen molar-refractivity contribution in [1.29, 1.82) is 0 Å². The SMILES string of the molecule is COc1c(C)cc(-c2c(C)cc([C@H](O)C(C)=O)cc2C)cc1F. The summed E-state index contributed by atoms with van der Waals surface area (Å²) in [7, 11) is 1.44. The number of hydrogen-bond donors (Lipinski definition) is 1. The molecule has 0 amide bonds. The Morgan fingerprint density at radius 1 is 1.09 bits per heavy atom. The van der Waals surface area contributed by atoms with Crippen LogP contribution in [0.1, 0.15) is 35.3 Å². The molecular weight excluding hydrogens is 295 g/mol. The number of Topliss-reactive ketones (excluding diaryl/α,β-unsaturated/α-hetero) is 1. The van der Waals surface area contributed by atoms with Crippen molar-refractivity contribution in [3.05, 3.63) is 52.3 Å². The molecule has 0 unspecified atom stereocenters. The fraction of sp³-hybridized carbons (Fsp3) is 0.316. The Kier molecular flexibility index (Phi) is 4.85. The van der Waals surface area contributed by atoms with Crippen LogP contribution in [-0.2, 0) is 4.79 Å². The number of carbonyl (C=O) groups excluding carboxylic acids is 1. The van der Waals surface area contributed by atoms with Gasteiger partial charge in [0.25, 0.3) is 0 Å². The molecule has 0 aliphatic carbocycles. The highest BCUT2D eigenvalue weighted by molar-refractivity contribution is 5.82. The van der Waals surface area contributed by atoms with Gasteiger partial charge < -0.3 is 9.84 Å². The summed E-state index contributed by atoms with van der Waals surface area (Å²) < 4.78 is 19.2. The second-order valence-electron chi connectivity index (χ2n) is 5.85. The largest absolute Gasteiger partial charge is 0.493 e. The fourth-order valence-electron chi connectivity index (χ4n) is 2.98. The van der Waals surface area contributed by atoms with Gasteiger partial charge in [-0.2, -0.15) is 0 Å². The Morgan fingerprint density at radius 2 is 1.65 bits per heavy atom. The molecule has 122 valence electrons. The lowest BCUT2D eigenvalue weighted by Gasteiger charge is -2.16. The number of benzene rings is 2. The van der Waals surface area contributed by atoms with E-state index in [1.807, 2.05) is 19.9 Å². The van der Waals surface area contributed by atoms with Crippen molar-refractivity contribution in [2.24, 2.45) is 0 Å². The van der Waals surface area contributed by atoms with Gasteiger partial charge in [0.2, 0.25) is 0 Å². The first-order valence-corrected chi connectivity index (χ1v) is 7.40. The smallest absolute Gasteiger partial charge is 0.165 e. The van der Waals surface area contributed by atoms with E-state index < -0.39 is 11.9 Å². The minimum atomic E-state index is -1.13. The number of halogens is 1. The quantitative estimate of drug-likeness (QED) is 0.925. The topological polar surface area (TPSA) is 46.5 Å². The van der Waals surface area contributed by atoms with E-state index in [1.165, 1.54) is 20.1 Å². The Labute approximate surface area is 135 Å². The van der Waals surface area contributed by atoms with Gasteiger partial charge >= 0.3 is 0 Å². The maximum atomic E-state index is 14.2. The number of aryl methyl sites for hydroxylation is 3. The number of ketones is 1. The van der Waals surface area contributed by atoms with Gasteiger partial charge in [0.05, 0.1) is 7.11 Å². The molecule has 0 saturated carbocycles. The summed E-state index contributed by atoms with van der Waals surface area (Å²) in [5.41, 5.74) is 4.68. The molecule has 4 heteroatoms. The normalized spacial score (nSPS) is 12.1. The van der Waals surface area contributed by atoms with E-state index in [1.54, 1.807) is 19.1 Å². The van der Waals surface area contributed by atoms with Crippen molar-refractivity contribution in [2.45, 2.75) is 33.8 Å². The van der Waals surface area contributed by atoms with Gasteiger partial charge in [-0.3, -0.25) is 4.79 Å². The highest BCUT2D eigenvalue weighted by Crippen LogP contribution is 2.34. The van der Waals surface area contributed by atoms with Crippen LogP contribution in [-0.4, -0.2) is 18.0 Å². The highest BCUT2D eigenvalue weighted by atomic mass is 19.1. The van der Waals surface area contributed by atoms with E-state index in [4.69, 9.17) is 4.74 Å². The third-order valence-corrected chi connectivity index (χ3v) is 3.98. The molecule has 0 saturated heterocycles. The number of rotatable bonds is 4. The second-order valence-corrected chi connectivity index (χ2v) is 5.85. The van der Waals surface area contributed by atoms with Crippen LogP contribution in [0.25, 0.3) is 11.1 Å². The summed E-state index contributed by atoms with van der Waals surface area (Å²) in [5.74, 6) is -0.468. The van der Waals surface area contributed by atoms with Crippen molar-refractivity contribution in [2.75, 3.05) is 7.11 Å². The molecule has 2 rings (SSSR count). The number of ether oxygens (including phenoxy) is 1. The minimum absolute atomic E-state index is 0.243. The third kappa shape index (κ3) is 3.27. The number of methoxy groups -OCH3 is 1. The summed E-state index contributed by atoms with van der Waals surface area (Å²) in [4.78, 5) is 11.4. The lowest BCUT2D eigenvalue weighted by Crippen LogP contribution is -2.08. The molecule has 1 atom stereocenters. The first kappa shape index (κ1) is 17.2. The van der Waals surface area contributed by atoms with Crippen molar-refractivity contribution in [3.8, 4) is 16.9 Å². The summed E-state index contributed by atoms with van der Waals surface area (Å²) in [6.45, 7) is 6.92. The third-order valence-electron chi connectivity index (χ3n) is 3.98. The molecular formula is C19H21FO3. The lowest BCUT2D eigenvalue weighted by molar-refractivity contribution is -0.125. The molecule has 0 spiro atoms. The number of aliphatic hydroxyl groups excluding tert-OH is 1. The fourth-order valence-corrected chi connectivity index (χ4v) is 2.98. The van der Waals surface area contributed by atoms with Crippen LogP contribution in [0.4, 0.5) is 4.39 Å². The predicted molar refractivity (Wildman–Crippen MR) is 88.2 cm³/mol. The minimum Gasteiger partial charge on any atom is -0.493 e. The van der Waals surface area contributed by atoms with Gasteiger partial charge in [0, 0.05) is 0 Å². The predicted octanol–water partition coefficient (Wildman–Crippen LogP) is 4.05. The Bertz CT molecular complexity index is 719.